The van der Waals surface area contributed by atoms with Crippen LogP contribution in [0.4, 0.5) is 13.2 Å². The molecule has 0 bridgehead atoms. The van der Waals surface area contributed by atoms with Crippen molar-refractivity contribution >= 4 is 0 Å². The number of alkyl halides is 3. The smallest absolute Gasteiger partial charge is 0.334 e. The van der Waals surface area contributed by atoms with E-state index >= 15 is 0 Å². The lowest BCUT2D eigenvalue weighted by atomic mass is 10.1. The zero-order chi connectivity index (χ0) is 13.2. The maximum atomic E-state index is 12.1. The Balaban J connectivity index is 2.21. The van der Waals surface area contributed by atoms with Gasteiger partial charge < -0.3 is 4.52 Å². The van der Waals surface area contributed by atoms with E-state index in [9.17, 15) is 13.2 Å². The van der Waals surface area contributed by atoms with E-state index in [-0.39, 0.29) is 5.89 Å². The van der Waals surface area contributed by atoms with Gasteiger partial charge in [-0.25, -0.2) is 0 Å². The van der Waals surface area contributed by atoms with E-state index in [1.54, 1.807) is 0 Å². The molecule has 1 aromatic carbocycles. The Labute approximate surface area is 99.7 Å². The van der Waals surface area contributed by atoms with Crippen LogP contribution in [0, 0.1) is 11.3 Å². The first-order valence-corrected chi connectivity index (χ1v) is 4.88. The molecule has 0 spiro atoms. The molecule has 0 fully saturated rings. The first-order valence-electron chi connectivity index (χ1n) is 4.88. The Kier molecular flexibility index (Phi) is 3.02. The molecule has 2 aromatic rings. The van der Waals surface area contributed by atoms with Crippen LogP contribution < -0.4 is 0 Å². The van der Waals surface area contributed by atoms with Crippen LogP contribution in [0.25, 0.3) is 11.5 Å². The molecule has 0 aliphatic carbocycles. The molecule has 0 aliphatic heterocycles. The van der Waals surface area contributed by atoms with Crippen molar-refractivity contribution in [3.05, 3.63) is 35.7 Å². The molecular weight excluding hydrogens is 247 g/mol. The summed E-state index contributed by atoms with van der Waals surface area (Å²) >= 11 is 0. The molecule has 1 heterocycles. The summed E-state index contributed by atoms with van der Waals surface area (Å²) in [7, 11) is 0. The van der Waals surface area contributed by atoms with Gasteiger partial charge in [-0.3, -0.25) is 0 Å². The molecule has 2 rings (SSSR count). The molecule has 92 valence electrons. The normalized spacial score (nSPS) is 11.2. The Morgan fingerprint density at radius 3 is 2.44 bits per heavy atom. The predicted molar refractivity (Wildman–Crippen MR) is 54.2 cm³/mol. The van der Waals surface area contributed by atoms with Gasteiger partial charge in [0.15, 0.2) is 5.82 Å². The van der Waals surface area contributed by atoms with Crippen LogP contribution in [-0.4, -0.2) is 16.3 Å². The Morgan fingerprint density at radius 1 is 1.22 bits per heavy atom. The van der Waals surface area contributed by atoms with Gasteiger partial charge in [0.25, 0.3) is 5.89 Å². The molecule has 0 aliphatic rings. The molecule has 0 N–H and O–H groups in total. The number of aromatic nitrogens is 2. The first-order chi connectivity index (χ1) is 8.48. The average molecular weight is 253 g/mol. The van der Waals surface area contributed by atoms with E-state index in [2.05, 4.69) is 10.1 Å². The Bertz CT molecular complexity index is 581. The van der Waals surface area contributed by atoms with Crippen LogP contribution in [-0.2, 0) is 6.42 Å². The Hall–Kier alpha value is -2.36. The van der Waals surface area contributed by atoms with E-state index in [0.717, 1.165) is 0 Å². The van der Waals surface area contributed by atoms with Crippen molar-refractivity contribution in [2.45, 2.75) is 12.6 Å². The third-order valence-corrected chi connectivity index (χ3v) is 2.09. The minimum atomic E-state index is -4.37. The van der Waals surface area contributed by atoms with Gasteiger partial charge in [0.1, 0.15) is 6.42 Å². The lowest BCUT2D eigenvalue weighted by Gasteiger charge is -1.99. The first kappa shape index (κ1) is 12.1. The van der Waals surface area contributed by atoms with E-state index < -0.39 is 18.4 Å². The largest absolute Gasteiger partial charge is 0.396 e. The number of nitrogens with zero attached hydrogens (tertiary/aromatic N) is 3. The maximum absolute atomic E-state index is 12.1. The molecule has 0 saturated carbocycles. The van der Waals surface area contributed by atoms with Crippen LogP contribution in [0.1, 0.15) is 11.4 Å². The van der Waals surface area contributed by atoms with Gasteiger partial charge in [-0.2, -0.15) is 23.4 Å². The maximum Gasteiger partial charge on any atom is 0.396 e. The monoisotopic (exact) mass is 253 g/mol. The van der Waals surface area contributed by atoms with Crippen LogP contribution in [0.2, 0.25) is 0 Å². The van der Waals surface area contributed by atoms with Crippen molar-refractivity contribution in [2.75, 3.05) is 0 Å². The van der Waals surface area contributed by atoms with Crippen LogP contribution in [0.15, 0.2) is 28.8 Å². The van der Waals surface area contributed by atoms with Gasteiger partial charge in [0, 0.05) is 5.56 Å². The van der Waals surface area contributed by atoms with E-state index in [1.807, 2.05) is 6.07 Å². The second-order valence-corrected chi connectivity index (χ2v) is 3.50. The fraction of sp³-hybridized carbons (Fsp3) is 0.182. The molecule has 7 heteroatoms. The van der Waals surface area contributed by atoms with Gasteiger partial charge in [-0.1, -0.05) is 5.16 Å². The summed E-state index contributed by atoms with van der Waals surface area (Å²) in [5.41, 5.74) is 0.906. The van der Waals surface area contributed by atoms with E-state index in [1.165, 1.54) is 24.3 Å². The van der Waals surface area contributed by atoms with Crippen molar-refractivity contribution < 1.29 is 17.7 Å². The summed E-state index contributed by atoms with van der Waals surface area (Å²) in [5, 5.41) is 11.9. The molecule has 4 nitrogen and oxygen atoms in total. The molecule has 1 aromatic heterocycles. The summed E-state index contributed by atoms with van der Waals surface area (Å²) < 4.78 is 41.0. The number of hydrogen-bond acceptors (Lipinski definition) is 4. The SMILES string of the molecule is N#Cc1ccc(-c2nc(CC(F)(F)F)no2)cc1. The number of halogens is 3. The van der Waals surface area contributed by atoms with Crippen molar-refractivity contribution in [3.63, 3.8) is 0 Å². The molecule has 0 saturated heterocycles. The molecule has 0 radical (unpaired) electrons. The number of rotatable bonds is 2. The number of nitriles is 1. The van der Waals surface area contributed by atoms with Crippen LogP contribution >= 0.6 is 0 Å². The lowest BCUT2D eigenvalue weighted by molar-refractivity contribution is -0.128. The molecule has 0 atom stereocenters. The second kappa shape index (κ2) is 4.49. The van der Waals surface area contributed by atoms with E-state index in [0.29, 0.717) is 11.1 Å². The molecule has 18 heavy (non-hydrogen) atoms. The zero-order valence-corrected chi connectivity index (χ0v) is 8.90. The van der Waals surface area contributed by atoms with E-state index in [4.69, 9.17) is 9.78 Å². The van der Waals surface area contributed by atoms with Crippen molar-refractivity contribution in [3.8, 4) is 17.5 Å². The average Bonchev–Trinajstić information content (AvgIpc) is 2.75. The summed E-state index contributed by atoms with van der Waals surface area (Å²) in [6.07, 6.45) is -5.60. The number of hydrogen-bond donors (Lipinski definition) is 0. The van der Waals surface area contributed by atoms with Gasteiger partial charge in [-0.15, -0.1) is 0 Å². The van der Waals surface area contributed by atoms with Gasteiger partial charge in [0.05, 0.1) is 11.6 Å². The quantitative estimate of drug-likeness (QED) is 0.825. The van der Waals surface area contributed by atoms with Crippen LogP contribution in [0.3, 0.4) is 0 Å². The minimum Gasteiger partial charge on any atom is -0.334 e. The molecular formula is C11H6F3N3O. The fourth-order valence-electron chi connectivity index (χ4n) is 1.31. The highest BCUT2D eigenvalue weighted by Crippen LogP contribution is 2.22. The second-order valence-electron chi connectivity index (χ2n) is 3.50. The highest BCUT2D eigenvalue weighted by molar-refractivity contribution is 5.54. The topological polar surface area (TPSA) is 62.7 Å². The Morgan fingerprint density at radius 2 is 1.89 bits per heavy atom. The summed E-state index contributed by atoms with van der Waals surface area (Å²) in [6.45, 7) is 0. The highest BCUT2D eigenvalue weighted by Gasteiger charge is 2.30. The van der Waals surface area contributed by atoms with Gasteiger partial charge in [-0.05, 0) is 24.3 Å². The lowest BCUT2D eigenvalue weighted by Crippen LogP contribution is -2.12. The summed E-state index contributed by atoms with van der Waals surface area (Å²) in [5.74, 6) is -0.416. The van der Waals surface area contributed by atoms with Crippen molar-refractivity contribution in [2.24, 2.45) is 0 Å². The molecule has 0 unspecified atom stereocenters. The number of benzene rings is 1. The van der Waals surface area contributed by atoms with Crippen LogP contribution in [0.5, 0.6) is 0 Å². The fourth-order valence-corrected chi connectivity index (χ4v) is 1.31. The minimum absolute atomic E-state index is 0.00117. The van der Waals surface area contributed by atoms with Gasteiger partial charge >= 0.3 is 6.18 Å². The van der Waals surface area contributed by atoms with Crippen molar-refractivity contribution in [1.82, 2.24) is 10.1 Å². The third kappa shape index (κ3) is 2.85. The highest BCUT2D eigenvalue weighted by atomic mass is 19.4. The standard InChI is InChI=1S/C11H6F3N3O/c12-11(13,14)5-9-16-10(18-17-9)8-3-1-7(6-15)2-4-8/h1-4H,5H2. The zero-order valence-electron chi connectivity index (χ0n) is 8.90. The summed E-state index contributed by atoms with van der Waals surface area (Å²) in [6, 6.07) is 8.02. The molecule has 0 amide bonds. The predicted octanol–water partition coefficient (Wildman–Crippen LogP) is 2.71. The van der Waals surface area contributed by atoms with Gasteiger partial charge in [0.2, 0.25) is 0 Å². The third-order valence-electron chi connectivity index (χ3n) is 2.09. The summed E-state index contributed by atoms with van der Waals surface area (Å²) in [4.78, 5) is 3.64. The van der Waals surface area contributed by atoms with Crippen molar-refractivity contribution in [1.29, 1.82) is 5.26 Å².